The highest BCUT2D eigenvalue weighted by atomic mass is 79.9. The molecule has 1 unspecified atom stereocenters. The normalized spacial score (nSPS) is 19.9. The third-order valence-corrected chi connectivity index (χ3v) is 5.11. The van der Waals surface area contributed by atoms with Crippen LogP contribution in [0.5, 0.6) is 0 Å². The zero-order valence-electron chi connectivity index (χ0n) is 10.8. The summed E-state index contributed by atoms with van der Waals surface area (Å²) in [4.78, 5) is 11.1. The first-order valence-corrected chi connectivity index (χ1v) is 8.21. The molecule has 0 radical (unpaired) electrons. The van der Waals surface area contributed by atoms with Crippen molar-refractivity contribution in [1.82, 2.24) is 9.97 Å². The van der Waals surface area contributed by atoms with Crippen molar-refractivity contribution < 1.29 is 0 Å². The molecule has 0 amide bonds. The first-order chi connectivity index (χ1) is 8.76. The van der Waals surface area contributed by atoms with Crippen molar-refractivity contribution in [3.63, 3.8) is 0 Å². The predicted octanol–water partition coefficient (Wildman–Crippen LogP) is 3.00. The molecule has 2 rings (SSSR count). The fraction of sp³-hybridized carbons (Fsp3) is 0.667. The van der Waals surface area contributed by atoms with Crippen LogP contribution in [0.4, 0.5) is 11.6 Å². The molecule has 1 N–H and O–H groups in total. The maximum absolute atomic E-state index is 4.43. The summed E-state index contributed by atoms with van der Waals surface area (Å²) >= 11 is 5.69. The van der Waals surface area contributed by atoms with E-state index in [1.807, 2.05) is 0 Å². The predicted molar refractivity (Wildman–Crippen MR) is 82.6 cm³/mol. The standard InChI is InChI=1S/C12H19BrN4S/c1-3-9-7-17(5-6-18-9)12-10(13)11(14-4-2)15-8-16-12/h8-9H,3-7H2,1-2H3,(H,14,15,16). The minimum absolute atomic E-state index is 0.711. The van der Waals surface area contributed by atoms with Crippen molar-refractivity contribution in [2.24, 2.45) is 0 Å². The van der Waals surface area contributed by atoms with Crippen molar-refractivity contribution in [1.29, 1.82) is 0 Å². The lowest BCUT2D eigenvalue weighted by atomic mass is 10.3. The molecule has 0 spiro atoms. The van der Waals surface area contributed by atoms with Gasteiger partial charge in [-0.1, -0.05) is 6.92 Å². The Balaban J connectivity index is 2.19. The van der Waals surface area contributed by atoms with E-state index in [9.17, 15) is 0 Å². The van der Waals surface area contributed by atoms with E-state index in [4.69, 9.17) is 0 Å². The van der Waals surface area contributed by atoms with Crippen LogP contribution in [-0.2, 0) is 0 Å². The van der Waals surface area contributed by atoms with Crippen molar-refractivity contribution in [2.75, 3.05) is 35.6 Å². The van der Waals surface area contributed by atoms with Gasteiger partial charge in [-0.15, -0.1) is 0 Å². The number of nitrogens with one attached hydrogen (secondary N) is 1. The molecule has 1 aromatic heterocycles. The van der Waals surface area contributed by atoms with Gasteiger partial charge in [0.1, 0.15) is 22.4 Å². The molecule has 1 aromatic rings. The highest BCUT2D eigenvalue weighted by Gasteiger charge is 2.22. The molecule has 1 atom stereocenters. The molecule has 0 saturated carbocycles. The summed E-state index contributed by atoms with van der Waals surface area (Å²) in [7, 11) is 0. The second-order valence-corrected chi connectivity index (χ2v) is 6.44. The smallest absolute Gasteiger partial charge is 0.148 e. The van der Waals surface area contributed by atoms with E-state index in [0.717, 1.165) is 35.7 Å². The van der Waals surface area contributed by atoms with Crippen LogP contribution in [0.1, 0.15) is 20.3 Å². The zero-order valence-corrected chi connectivity index (χ0v) is 13.2. The van der Waals surface area contributed by atoms with Crippen LogP contribution in [0.15, 0.2) is 10.8 Å². The molecular formula is C12H19BrN4S. The summed E-state index contributed by atoms with van der Waals surface area (Å²) < 4.78 is 0.980. The lowest BCUT2D eigenvalue weighted by Crippen LogP contribution is -2.38. The molecule has 0 aliphatic carbocycles. The highest BCUT2D eigenvalue weighted by Crippen LogP contribution is 2.32. The van der Waals surface area contributed by atoms with E-state index in [2.05, 4.69) is 61.7 Å². The number of nitrogens with zero attached hydrogens (tertiary/aromatic N) is 3. The molecule has 100 valence electrons. The Morgan fingerprint density at radius 2 is 2.33 bits per heavy atom. The molecule has 1 saturated heterocycles. The van der Waals surface area contributed by atoms with Crippen LogP contribution in [-0.4, -0.2) is 40.6 Å². The van der Waals surface area contributed by atoms with E-state index in [1.54, 1.807) is 6.33 Å². The number of anilines is 2. The number of thioether (sulfide) groups is 1. The van der Waals surface area contributed by atoms with Crippen LogP contribution in [0, 0.1) is 0 Å². The van der Waals surface area contributed by atoms with Crippen LogP contribution in [0.25, 0.3) is 0 Å². The van der Waals surface area contributed by atoms with Gasteiger partial charge in [-0.05, 0) is 29.3 Å². The third kappa shape index (κ3) is 3.09. The molecule has 6 heteroatoms. The Kier molecular flexibility index (Phi) is 5.12. The van der Waals surface area contributed by atoms with Gasteiger partial charge >= 0.3 is 0 Å². The van der Waals surface area contributed by atoms with Crippen LogP contribution in [0.3, 0.4) is 0 Å². The van der Waals surface area contributed by atoms with E-state index < -0.39 is 0 Å². The minimum Gasteiger partial charge on any atom is -0.369 e. The second kappa shape index (κ2) is 6.61. The van der Waals surface area contributed by atoms with E-state index >= 15 is 0 Å². The summed E-state index contributed by atoms with van der Waals surface area (Å²) in [5.41, 5.74) is 0. The molecule has 4 nitrogen and oxygen atoms in total. The van der Waals surface area contributed by atoms with Crippen LogP contribution >= 0.6 is 27.7 Å². The SMILES string of the molecule is CCNc1ncnc(N2CCSC(CC)C2)c1Br. The topological polar surface area (TPSA) is 41.1 Å². The number of aromatic nitrogens is 2. The Morgan fingerprint density at radius 3 is 3.06 bits per heavy atom. The summed E-state index contributed by atoms with van der Waals surface area (Å²) in [5, 5.41) is 3.96. The lowest BCUT2D eigenvalue weighted by Gasteiger charge is -2.33. The number of hydrogen-bond donors (Lipinski definition) is 1. The molecule has 2 heterocycles. The van der Waals surface area contributed by atoms with Gasteiger partial charge in [0, 0.05) is 30.6 Å². The highest BCUT2D eigenvalue weighted by molar-refractivity contribution is 9.10. The second-order valence-electron chi connectivity index (χ2n) is 4.24. The fourth-order valence-corrected chi connectivity index (χ4v) is 3.81. The van der Waals surface area contributed by atoms with Gasteiger partial charge in [0.05, 0.1) is 0 Å². The van der Waals surface area contributed by atoms with Gasteiger partial charge in [-0.25, -0.2) is 9.97 Å². The largest absolute Gasteiger partial charge is 0.369 e. The molecule has 0 bridgehead atoms. The molecule has 1 aliphatic heterocycles. The molecular weight excluding hydrogens is 312 g/mol. The quantitative estimate of drug-likeness (QED) is 0.919. The summed E-state index contributed by atoms with van der Waals surface area (Å²) in [6.07, 6.45) is 2.85. The van der Waals surface area contributed by atoms with Gasteiger partial charge in [0.25, 0.3) is 0 Å². The first kappa shape index (κ1) is 13.9. The summed E-state index contributed by atoms with van der Waals surface area (Å²) in [5.74, 6) is 3.07. The van der Waals surface area contributed by atoms with Gasteiger partial charge < -0.3 is 10.2 Å². The summed E-state index contributed by atoms with van der Waals surface area (Å²) in [6, 6.07) is 0. The maximum Gasteiger partial charge on any atom is 0.148 e. The average Bonchev–Trinajstić information content (AvgIpc) is 2.41. The number of hydrogen-bond acceptors (Lipinski definition) is 5. The molecule has 18 heavy (non-hydrogen) atoms. The van der Waals surface area contributed by atoms with Crippen molar-refractivity contribution in [2.45, 2.75) is 25.5 Å². The monoisotopic (exact) mass is 330 g/mol. The zero-order chi connectivity index (χ0) is 13.0. The summed E-state index contributed by atoms with van der Waals surface area (Å²) in [6.45, 7) is 7.31. The molecule has 1 fully saturated rings. The van der Waals surface area contributed by atoms with Crippen molar-refractivity contribution in [3.8, 4) is 0 Å². The first-order valence-electron chi connectivity index (χ1n) is 6.37. The van der Waals surface area contributed by atoms with Crippen molar-refractivity contribution >= 4 is 39.3 Å². The number of rotatable bonds is 4. The number of halogens is 1. The average molecular weight is 331 g/mol. The van der Waals surface area contributed by atoms with Gasteiger partial charge in [0.15, 0.2) is 0 Å². The maximum atomic E-state index is 4.43. The molecule has 1 aliphatic rings. The van der Waals surface area contributed by atoms with Gasteiger partial charge in [-0.3, -0.25) is 0 Å². The Hall–Kier alpha value is -0.490. The van der Waals surface area contributed by atoms with Crippen molar-refractivity contribution in [3.05, 3.63) is 10.8 Å². The fourth-order valence-electron chi connectivity index (χ4n) is 2.03. The van der Waals surface area contributed by atoms with Crippen LogP contribution in [0.2, 0.25) is 0 Å². The Bertz CT molecular complexity index is 402. The minimum atomic E-state index is 0.711. The van der Waals surface area contributed by atoms with E-state index in [1.165, 1.54) is 12.2 Å². The Morgan fingerprint density at radius 1 is 1.50 bits per heavy atom. The molecule has 0 aromatic carbocycles. The van der Waals surface area contributed by atoms with Crippen LogP contribution < -0.4 is 10.2 Å². The lowest BCUT2D eigenvalue weighted by molar-refractivity contribution is 0.717. The van der Waals surface area contributed by atoms with E-state index in [0.29, 0.717) is 5.25 Å². The Labute approximate surface area is 121 Å². The van der Waals surface area contributed by atoms with Gasteiger partial charge in [-0.2, -0.15) is 11.8 Å². The van der Waals surface area contributed by atoms with Gasteiger partial charge in [0.2, 0.25) is 0 Å². The third-order valence-electron chi connectivity index (χ3n) is 3.01. The van der Waals surface area contributed by atoms with E-state index in [-0.39, 0.29) is 0 Å².